The number of nitrogens with one attached hydrogen (secondary N) is 1. The van der Waals surface area contributed by atoms with E-state index in [1.54, 1.807) is 24.3 Å². The molecular formula is C27H28F4N5NaO4. The van der Waals surface area contributed by atoms with Gasteiger partial charge in [0.1, 0.15) is 6.61 Å². The van der Waals surface area contributed by atoms with Gasteiger partial charge in [0, 0.05) is 25.7 Å². The number of ether oxygens (including phenoxy) is 1. The van der Waals surface area contributed by atoms with E-state index in [0.717, 1.165) is 5.56 Å². The van der Waals surface area contributed by atoms with E-state index in [1.165, 1.54) is 16.9 Å². The van der Waals surface area contributed by atoms with Crippen molar-refractivity contribution in [3.8, 4) is 0 Å². The molecule has 3 aromatic rings. The van der Waals surface area contributed by atoms with Crippen LogP contribution in [0.15, 0.2) is 42.7 Å². The molecular weight excluding hydrogens is 557 g/mol. The summed E-state index contributed by atoms with van der Waals surface area (Å²) >= 11 is 0. The molecule has 1 atom stereocenters. The quantitative estimate of drug-likeness (QED) is 0.326. The molecule has 2 aliphatic rings. The van der Waals surface area contributed by atoms with E-state index in [4.69, 9.17) is 4.74 Å². The minimum atomic E-state index is -2.97. The molecule has 0 saturated heterocycles. The third kappa shape index (κ3) is 7.00. The van der Waals surface area contributed by atoms with Crippen LogP contribution in [0.25, 0.3) is 5.78 Å². The Morgan fingerprint density at radius 3 is 2.27 bits per heavy atom. The van der Waals surface area contributed by atoms with Gasteiger partial charge in [-0.05, 0) is 37.2 Å². The Morgan fingerprint density at radius 1 is 1.00 bits per heavy atom. The molecule has 2 aromatic heterocycles. The number of alkyl carbamates (subject to hydrolysis) is 1. The monoisotopic (exact) mass is 585 g/mol. The van der Waals surface area contributed by atoms with E-state index >= 15 is 0 Å². The van der Waals surface area contributed by atoms with Crippen molar-refractivity contribution in [1.82, 2.24) is 24.9 Å². The number of carbonyl (C=O) groups is 2. The summed E-state index contributed by atoms with van der Waals surface area (Å²) in [6.45, 7) is 0.00409. The van der Waals surface area contributed by atoms with Crippen molar-refractivity contribution in [3.05, 3.63) is 59.7 Å². The molecule has 14 heteroatoms. The van der Waals surface area contributed by atoms with E-state index in [0.29, 0.717) is 0 Å². The van der Waals surface area contributed by atoms with Crippen LogP contribution in [-0.2, 0) is 21.6 Å². The van der Waals surface area contributed by atoms with Crippen LogP contribution in [0.2, 0.25) is 0 Å². The van der Waals surface area contributed by atoms with Gasteiger partial charge in [0.05, 0.1) is 41.2 Å². The minimum absolute atomic E-state index is 0. The van der Waals surface area contributed by atoms with Gasteiger partial charge in [-0.2, -0.15) is 5.10 Å². The van der Waals surface area contributed by atoms with Gasteiger partial charge < -0.3 is 20.0 Å². The molecule has 2 heterocycles. The van der Waals surface area contributed by atoms with Crippen LogP contribution in [-0.4, -0.2) is 43.5 Å². The van der Waals surface area contributed by atoms with Gasteiger partial charge in [0.2, 0.25) is 11.8 Å². The number of alkyl halides is 4. The summed E-state index contributed by atoms with van der Waals surface area (Å²) in [5.74, 6) is -7.68. The molecule has 41 heavy (non-hydrogen) atoms. The zero-order valence-electron chi connectivity index (χ0n) is 22.5. The Bertz CT molecular complexity index is 1370. The van der Waals surface area contributed by atoms with Crippen molar-refractivity contribution in [2.24, 2.45) is 5.92 Å². The fourth-order valence-corrected chi connectivity index (χ4v) is 5.50. The smallest absolute Gasteiger partial charge is 0.549 e. The number of carboxylic acid groups (broad SMARTS) is 1. The summed E-state index contributed by atoms with van der Waals surface area (Å²) in [4.78, 5) is 33.6. The molecule has 0 aliphatic heterocycles. The Morgan fingerprint density at radius 2 is 1.63 bits per heavy atom. The third-order valence-electron chi connectivity index (χ3n) is 7.97. The van der Waals surface area contributed by atoms with E-state index < -0.39 is 48.2 Å². The number of rotatable bonds is 7. The SMILES string of the molecule is O=C(N[C@H](c1cn2ncc(C3(C(=O)[O-])CCC(F)(F)CC3)nc2n1)C1CCC(F)(F)CC1)OCc1ccccc1.[Na+]. The Balaban J connectivity index is 0.00000387. The van der Waals surface area contributed by atoms with Crippen molar-refractivity contribution in [1.29, 1.82) is 0 Å². The van der Waals surface area contributed by atoms with Crippen LogP contribution in [0, 0.1) is 5.92 Å². The largest absolute Gasteiger partial charge is 1.00 e. The van der Waals surface area contributed by atoms with E-state index in [9.17, 15) is 32.3 Å². The maximum absolute atomic E-state index is 13.9. The molecule has 0 spiro atoms. The Kier molecular flexibility index (Phi) is 9.29. The summed E-state index contributed by atoms with van der Waals surface area (Å²) in [6, 6.07) is 8.20. The molecule has 2 saturated carbocycles. The number of hydrogen-bond acceptors (Lipinski definition) is 7. The summed E-state index contributed by atoms with van der Waals surface area (Å²) in [6.07, 6.45) is -0.530. The van der Waals surface area contributed by atoms with E-state index in [2.05, 4.69) is 20.4 Å². The average Bonchev–Trinajstić information content (AvgIpc) is 3.35. The molecule has 0 radical (unpaired) electrons. The number of benzene rings is 1. The molecule has 0 bridgehead atoms. The first-order chi connectivity index (χ1) is 19.0. The predicted molar refractivity (Wildman–Crippen MR) is 130 cm³/mol. The number of hydrogen-bond donors (Lipinski definition) is 1. The topological polar surface area (TPSA) is 122 Å². The van der Waals surface area contributed by atoms with Crippen molar-refractivity contribution in [3.63, 3.8) is 0 Å². The van der Waals surface area contributed by atoms with Gasteiger partial charge in [-0.3, -0.25) is 0 Å². The van der Waals surface area contributed by atoms with Crippen LogP contribution >= 0.6 is 0 Å². The van der Waals surface area contributed by atoms with Crippen molar-refractivity contribution in [2.45, 2.75) is 81.3 Å². The molecule has 1 N–H and O–H groups in total. The van der Waals surface area contributed by atoms with E-state index in [1.807, 2.05) is 6.07 Å². The van der Waals surface area contributed by atoms with Crippen molar-refractivity contribution in [2.75, 3.05) is 0 Å². The maximum atomic E-state index is 13.9. The minimum Gasteiger partial charge on any atom is -0.549 e. The van der Waals surface area contributed by atoms with Gasteiger partial charge in [0.25, 0.3) is 5.78 Å². The van der Waals surface area contributed by atoms with Gasteiger partial charge in [0.15, 0.2) is 0 Å². The average molecular weight is 586 g/mol. The van der Waals surface area contributed by atoms with Crippen LogP contribution < -0.4 is 40.0 Å². The second-order valence-corrected chi connectivity index (χ2v) is 10.7. The normalized spacial score (nSPS) is 20.5. The third-order valence-corrected chi connectivity index (χ3v) is 7.97. The van der Waals surface area contributed by atoms with Crippen LogP contribution in [0.1, 0.15) is 74.4 Å². The van der Waals surface area contributed by atoms with Crippen LogP contribution in [0.4, 0.5) is 22.4 Å². The number of nitrogens with zero attached hydrogens (tertiary/aromatic N) is 4. The molecule has 1 aromatic carbocycles. The number of aliphatic carboxylic acids is 1. The molecule has 2 aliphatic carbocycles. The first kappa shape index (κ1) is 31.2. The fourth-order valence-electron chi connectivity index (χ4n) is 5.50. The number of halogens is 4. The zero-order valence-corrected chi connectivity index (χ0v) is 24.5. The first-order valence-electron chi connectivity index (χ1n) is 13.1. The van der Waals surface area contributed by atoms with E-state index in [-0.39, 0.29) is 97.8 Å². The second-order valence-electron chi connectivity index (χ2n) is 10.7. The number of imidazole rings is 1. The summed E-state index contributed by atoms with van der Waals surface area (Å²) in [7, 11) is 0. The predicted octanol–water partition coefficient (Wildman–Crippen LogP) is 1.12. The van der Waals surface area contributed by atoms with Crippen LogP contribution in [0.5, 0.6) is 0 Å². The number of amides is 1. The number of aromatic nitrogens is 4. The Labute approximate surface area is 255 Å². The fraction of sp³-hybridized carbons (Fsp3) is 0.519. The van der Waals surface area contributed by atoms with Crippen molar-refractivity contribution < 1.29 is 66.6 Å². The molecule has 0 unspecified atom stereocenters. The van der Waals surface area contributed by atoms with Crippen molar-refractivity contribution >= 4 is 17.8 Å². The summed E-state index contributed by atoms with van der Waals surface area (Å²) in [5, 5.41) is 19.1. The molecule has 5 rings (SSSR count). The number of carbonyl (C=O) groups excluding carboxylic acids is 2. The second kappa shape index (κ2) is 12.2. The summed E-state index contributed by atoms with van der Waals surface area (Å²) < 4.78 is 62.0. The molecule has 1 amide bonds. The van der Waals surface area contributed by atoms with Crippen LogP contribution in [0.3, 0.4) is 0 Å². The number of fused-ring (bicyclic) bond motifs is 1. The van der Waals surface area contributed by atoms with Gasteiger partial charge >= 0.3 is 35.7 Å². The zero-order chi connectivity index (χ0) is 28.5. The Hall–Kier alpha value is -2.77. The molecule has 2 fully saturated rings. The van der Waals surface area contributed by atoms with Gasteiger partial charge in [-0.1, -0.05) is 30.3 Å². The number of carboxylic acids is 1. The first-order valence-corrected chi connectivity index (χ1v) is 13.1. The molecule has 214 valence electrons. The van der Waals surface area contributed by atoms with Gasteiger partial charge in [-0.15, -0.1) is 0 Å². The maximum Gasteiger partial charge on any atom is 1.00 e. The standard InChI is InChI=1S/C27H29F4N5O4.Na/c28-26(29)8-6-18(7-9-26)21(35-24(39)40-16-17-4-2-1-3-5-17)19-15-36-23(33-19)34-20(14-32-36)25(22(37)38)10-12-27(30,31)13-11-25;/h1-5,14-15,18,21H,6-13,16H2,(H,35,39)(H,37,38);/q;+1/p-1/t21-;/m0./s1. The molecule has 9 nitrogen and oxygen atoms in total. The van der Waals surface area contributed by atoms with Gasteiger partial charge in [-0.25, -0.2) is 36.8 Å². The summed E-state index contributed by atoms with van der Waals surface area (Å²) in [5.41, 5.74) is -0.739.